The summed E-state index contributed by atoms with van der Waals surface area (Å²) in [6.45, 7) is 0.604. The third-order valence-electron chi connectivity index (χ3n) is 2.13. The number of carbonyl (C=O) groups is 3. The first-order valence-electron chi connectivity index (χ1n) is 6.18. The number of carboxylic acid groups (broad SMARTS) is 3. The second-order valence-corrected chi connectivity index (χ2v) is 5.11. The number of unbranched alkanes of at least 4 members (excludes halogenated alkanes) is 1. The highest BCUT2D eigenvalue weighted by Gasteiger charge is 2.11. The molecule has 9 nitrogen and oxygen atoms in total. The second kappa shape index (κ2) is 13.6. The summed E-state index contributed by atoms with van der Waals surface area (Å²) in [5.74, 6) is -2.99. The van der Waals surface area contributed by atoms with E-state index < -0.39 is 30.0 Å². The van der Waals surface area contributed by atoms with Crippen LogP contribution in [0.5, 0.6) is 0 Å². The van der Waals surface area contributed by atoms with Crippen LogP contribution >= 0.6 is 11.8 Å². The van der Waals surface area contributed by atoms with E-state index in [4.69, 9.17) is 32.5 Å². The summed E-state index contributed by atoms with van der Waals surface area (Å²) < 4.78 is 0. The van der Waals surface area contributed by atoms with Crippen molar-refractivity contribution < 1.29 is 29.7 Å². The average Bonchev–Trinajstić information content (AvgIpc) is 2.38. The fourth-order valence-electron chi connectivity index (χ4n) is 0.977. The lowest BCUT2D eigenvalue weighted by Crippen LogP contribution is -2.32. The van der Waals surface area contributed by atoms with Crippen LogP contribution < -0.4 is 17.2 Å². The third-order valence-corrected chi connectivity index (χ3v) is 3.17. The maximum atomic E-state index is 10.1. The zero-order chi connectivity index (χ0) is 16.8. The molecule has 0 aromatic carbocycles. The van der Waals surface area contributed by atoms with Gasteiger partial charge in [-0.25, -0.2) is 0 Å². The lowest BCUT2D eigenvalue weighted by atomic mass is 10.1. The Morgan fingerprint density at radius 3 is 1.86 bits per heavy atom. The molecule has 21 heavy (non-hydrogen) atoms. The molecule has 124 valence electrons. The van der Waals surface area contributed by atoms with Crippen molar-refractivity contribution >= 4 is 29.7 Å². The molecule has 0 aromatic heterocycles. The Labute approximate surface area is 126 Å². The molecule has 0 aliphatic carbocycles. The van der Waals surface area contributed by atoms with Crippen LogP contribution in [0.4, 0.5) is 0 Å². The highest BCUT2D eigenvalue weighted by Crippen LogP contribution is 2.00. The van der Waals surface area contributed by atoms with Gasteiger partial charge in [0.25, 0.3) is 0 Å². The molecule has 0 saturated carbocycles. The molecule has 0 spiro atoms. The monoisotopic (exact) mass is 325 g/mol. The van der Waals surface area contributed by atoms with Crippen molar-refractivity contribution in [3.63, 3.8) is 0 Å². The zero-order valence-corrected chi connectivity index (χ0v) is 12.4. The Morgan fingerprint density at radius 2 is 1.48 bits per heavy atom. The van der Waals surface area contributed by atoms with Crippen LogP contribution in [-0.2, 0) is 14.4 Å². The first-order valence-corrected chi connectivity index (χ1v) is 7.34. The summed E-state index contributed by atoms with van der Waals surface area (Å²) in [6.07, 6.45) is 2.16. The molecule has 9 N–H and O–H groups in total. The number of hydrogen-bond acceptors (Lipinski definition) is 7. The first kappa shape index (κ1) is 21.9. The zero-order valence-electron chi connectivity index (χ0n) is 11.6. The Morgan fingerprint density at radius 1 is 0.952 bits per heavy atom. The Hall–Kier alpha value is -1.36. The molecule has 0 saturated heterocycles. The van der Waals surface area contributed by atoms with Crippen molar-refractivity contribution in [3.8, 4) is 0 Å². The van der Waals surface area contributed by atoms with Gasteiger partial charge in [-0.1, -0.05) is 6.42 Å². The van der Waals surface area contributed by atoms with Gasteiger partial charge in [-0.2, -0.15) is 0 Å². The molecule has 0 heterocycles. The summed E-state index contributed by atoms with van der Waals surface area (Å²) in [5, 5.41) is 24.7. The minimum atomic E-state index is -1.11. The van der Waals surface area contributed by atoms with Crippen molar-refractivity contribution in [2.45, 2.75) is 31.3 Å². The molecule has 10 heteroatoms. The van der Waals surface area contributed by atoms with Crippen LogP contribution in [0.25, 0.3) is 0 Å². The van der Waals surface area contributed by atoms with E-state index in [2.05, 4.69) is 0 Å². The molecule has 0 amide bonds. The topological polar surface area (TPSA) is 190 Å². The standard InChI is InChI=1S/C6H14N2O2.C5H9NO4S/c7-4-2-1-3-5(8)6(9)10;6-3(5(9)10)1-11-2-4(7)8/h5H,1-4,7-8H2,(H,9,10);3H,1-2,6H2,(H,7,8)(H,9,10)/t5-;/m0./s1. The summed E-state index contributed by atoms with van der Waals surface area (Å²) >= 11 is 0.992. The quantitative estimate of drug-likeness (QED) is 0.264. The van der Waals surface area contributed by atoms with Gasteiger partial charge in [0.2, 0.25) is 0 Å². The van der Waals surface area contributed by atoms with Crippen LogP contribution in [0, 0.1) is 0 Å². The lowest BCUT2D eigenvalue weighted by molar-refractivity contribution is -0.139. The molecule has 0 fully saturated rings. The van der Waals surface area contributed by atoms with E-state index >= 15 is 0 Å². The van der Waals surface area contributed by atoms with Crippen molar-refractivity contribution in [1.82, 2.24) is 0 Å². The SMILES string of the molecule is NC(CSCC(=O)O)C(=O)O.NCCCC[C@H](N)C(=O)O. The number of carboxylic acids is 3. The number of nitrogens with two attached hydrogens (primary N) is 3. The van der Waals surface area contributed by atoms with Gasteiger partial charge in [0.15, 0.2) is 0 Å². The second-order valence-electron chi connectivity index (χ2n) is 4.08. The van der Waals surface area contributed by atoms with Crippen molar-refractivity contribution in [1.29, 1.82) is 0 Å². The predicted molar refractivity (Wildman–Crippen MR) is 79.1 cm³/mol. The van der Waals surface area contributed by atoms with Crippen LogP contribution in [-0.4, -0.2) is 63.4 Å². The molecule has 0 aliphatic rings. The maximum Gasteiger partial charge on any atom is 0.321 e. The van der Waals surface area contributed by atoms with Gasteiger partial charge in [0, 0.05) is 5.75 Å². The third kappa shape index (κ3) is 16.6. The van der Waals surface area contributed by atoms with Crippen LogP contribution in [0.3, 0.4) is 0 Å². The minimum absolute atomic E-state index is 0.110. The van der Waals surface area contributed by atoms with E-state index in [1.54, 1.807) is 0 Å². The predicted octanol–water partition coefficient (Wildman–Crippen LogP) is -1.26. The fourth-order valence-corrected chi connectivity index (χ4v) is 1.67. The highest BCUT2D eigenvalue weighted by molar-refractivity contribution is 8.00. The van der Waals surface area contributed by atoms with Gasteiger partial charge >= 0.3 is 17.9 Å². The molecular formula is C11H23N3O6S. The summed E-state index contributed by atoms with van der Waals surface area (Å²) in [4.78, 5) is 30.2. The summed E-state index contributed by atoms with van der Waals surface area (Å²) in [7, 11) is 0. The van der Waals surface area contributed by atoms with E-state index in [0.717, 1.165) is 24.6 Å². The van der Waals surface area contributed by atoms with Crippen molar-refractivity contribution in [2.24, 2.45) is 17.2 Å². The largest absolute Gasteiger partial charge is 0.481 e. The Bertz CT molecular complexity index is 329. The molecular weight excluding hydrogens is 302 g/mol. The normalized spacial score (nSPS) is 12.7. The van der Waals surface area contributed by atoms with E-state index in [9.17, 15) is 14.4 Å². The molecule has 1 unspecified atom stereocenters. The van der Waals surface area contributed by atoms with Gasteiger partial charge in [-0.05, 0) is 19.4 Å². The first-order chi connectivity index (χ1) is 9.72. The van der Waals surface area contributed by atoms with Crippen LogP contribution in [0.1, 0.15) is 19.3 Å². The van der Waals surface area contributed by atoms with Crippen molar-refractivity contribution in [2.75, 3.05) is 18.1 Å². The number of hydrogen-bond donors (Lipinski definition) is 6. The van der Waals surface area contributed by atoms with E-state index in [1.807, 2.05) is 0 Å². The van der Waals surface area contributed by atoms with E-state index in [0.29, 0.717) is 13.0 Å². The van der Waals surface area contributed by atoms with Crippen molar-refractivity contribution in [3.05, 3.63) is 0 Å². The van der Waals surface area contributed by atoms with Gasteiger partial charge in [0.1, 0.15) is 12.1 Å². The highest BCUT2D eigenvalue weighted by atomic mass is 32.2. The maximum absolute atomic E-state index is 10.1. The van der Waals surface area contributed by atoms with E-state index in [1.165, 1.54) is 0 Å². The lowest BCUT2D eigenvalue weighted by Gasteiger charge is -2.03. The molecule has 0 rings (SSSR count). The number of aliphatic carboxylic acids is 3. The fraction of sp³-hybridized carbons (Fsp3) is 0.727. The minimum Gasteiger partial charge on any atom is -0.481 e. The van der Waals surface area contributed by atoms with Crippen LogP contribution in [0.2, 0.25) is 0 Å². The summed E-state index contributed by atoms with van der Waals surface area (Å²) in [6, 6.07) is -1.69. The van der Waals surface area contributed by atoms with Gasteiger partial charge < -0.3 is 32.5 Å². The molecule has 0 aromatic rings. The molecule has 0 radical (unpaired) electrons. The van der Waals surface area contributed by atoms with E-state index in [-0.39, 0.29) is 11.5 Å². The Balaban J connectivity index is 0. The average molecular weight is 325 g/mol. The molecule has 2 atom stereocenters. The van der Waals surface area contributed by atoms with Crippen LogP contribution in [0.15, 0.2) is 0 Å². The van der Waals surface area contributed by atoms with Gasteiger partial charge in [-0.3, -0.25) is 14.4 Å². The summed E-state index contributed by atoms with van der Waals surface area (Å²) in [5.41, 5.74) is 15.5. The molecule has 0 bridgehead atoms. The Kier molecular flexibility index (Phi) is 14.2. The number of rotatable bonds is 10. The van der Waals surface area contributed by atoms with Gasteiger partial charge in [0.05, 0.1) is 5.75 Å². The smallest absolute Gasteiger partial charge is 0.321 e. The molecule has 0 aliphatic heterocycles. The van der Waals surface area contributed by atoms with Gasteiger partial charge in [-0.15, -0.1) is 11.8 Å². The number of thioether (sulfide) groups is 1.